The Morgan fingerprint density at radius 3 is 2.48 bits per heavy atom. The Kier molecular flexibility index (Phi) is 5.83. The van der Waals surface area contributed by atoms with E-state index in [1.165, 1.54) is 50.0 Å². The number of unbranched alkanes of at least 4 members (excludes halogenated alkanes) is 1. The standard InChI is InChI=1S/C19H32N2/c1-16-8-9-18(19(2,3)4)15-17(16)7-5-6-12-21-13-10-20-11-14-21/h8-9,15,20H,5-7,10-14H2,1-4H3. The summed E-state index contributed by atoms with van der Waals surface area (Å²) in [5, 5.41) is 3.42. The van der Waals surface area contributed by atoms with Gasteiger partial charge in [-0.15, -0.1) is 0 Å². The fourth-order valence-corrected chi connectivity index (χ4v) is 2.99. The zero-order valence-electron chi connectivity index (χ0n) is 14.3. The van der Waals surface area contributed by atoms with E-state index in [1.807, 2.05) is 0 Å². The molecule has 118 valence electrons. The summed E-state index contributed by atoms with van der Waals surface area (Å²) in [7, 11) is 0. The Labute approximate surface area is 130 Å². The summed E-state index contributed by atoms with van der Waals surface area (Å²) < 4.78 is 0. The first-order valence-corrected chi connectivity index (χ1v) is 8.50. The molecule has 0 radical (unpaired) electrons. The molecule has 1 saturated heterocycles. The molecule has 1 aliphatic rings. The summed E-state index contributed by atoms with van der Waals surface area (Å²) in [6.07, 6.45) is 3.85. The molecular weight excluding hydrogens is 256 g/mol. The van der Waals surface area contributed by atoms with Crippen LogP contribution in [-0.4, -0.2) is 37.6 Å². The van der Waals surface area contributed by atoms with Crippen LogP contribution in [0.5, 0.6) is 0 Å². The topological polar surface area (TPSA) is 15.3 Å². The molecule has 0 atom stereocenters. The van der Waals surface area contributed by atoms with Crippen LogP contribution in [0.15, 0.2) is 18.2 Å². The Hall–Kier alpha value is -0.860. The lowest BCUT2D eigenvalue weighted by Crippen LogP contribution is -2.43. The summed E-state index contributed by atoms with van der Waals surface area (Å²) >= 11 is 0. The summed E-state index contributed by atoms with van der Waals surface area (Å²) in [5.74, 6) is 0. The van der Waals surface area contributed by atoms with Crippen LogP contribution in [0.4, 0.5) is 0 Å². The van der Waals surface area contributed by atoms with Gasteiger partial charge in [0.2, 0.25) is 0 Å². The molecule has 0 amide bonds. The molecule has 1 aliphatic heterocycles. The van der Waals surface area contributed by atoms with E-state index in [0.29, 0.717) is 0 Å². The van der Waals surface area contributed by atoms with E-state index in [-0.39, 0.29) is 5.41 Å². The molecule has 0 aromatic heterocycles. The maximum Gasteiger partial charge on any atom is 0.0107 e. The van der Waals surface area contributed by atoms with Gasteiger partial charge in [0.15, 0.2) is 0 Å². The van der Waals surface area contributed by atoms with Crippen molar-refractivity contribution in [3.63, 3.8) is 0 Å². The van der Waals surface area contributed by atoms with Gasteiger partial charge < -0.3 is 10.2 Å². The Bertz CT molecular complexity index is 439. The van der Waals surface area contributed by atoms with Gasteiger partial charge in [0.25, 0.3) is 0 Å². The number of nitrogens with zero attached hydrogens (tertiary/aromatic N) is 1. The molecule has 2 nitrogen and oxygen atoms in total. The number of rotatable bonds is 5. The Balaban J connectivity index is 1.82. The third kappa shape index (κ3) is 5.12. The minimum absolute atomic E-state index is 0.253. The van der Waals surface area contributed by atoms with Gasteiger partial charge in [0.05, 0.1) is 0 Å². The molecule has 2 rings (SSSR count). The van der Waals surface area contributed by atoms with Gasteiger partial charge >= 0.3 is 0 Å². The van der Waals surface area contributed by atoms with E-state index < -0.39 is 0 Å². The molecule has 1 heterocycles. The van der Waals surface area contributed by atoms with Crippen molar-refractivity contribution < 1.29 is 0 Å². The van der Waals surface area contributed by atoms with Crippen LogP contribution in [0, 0.1) is 6.92 Å². The zero-order chi connectivity index (χ0) is 15.3. The maximum absolute atomic E-state index is 3.42. The first kappa shape index (κ1) is 16.5. The molecule has 1 N–H and O–H groups in total. The van der Waals surface area contributed by atoms with E-state index in [0.717, 1.165) is 13.1 Å². The lowest BCUT2D eigenvalue weighted by Gasteiger charge is -2.27. The summed E-state index contributed by atoms with van der Waals surface area (Å²) in [5.41, 5.74) is 4.71. The number of nitrogens with one attached hydrogen (secondary N) is 1. The lowest BCUT2D eigenvalue weighted by molar-refractivity contribution is 0.237. The highest BCUT2D eigenvalue weighted by atomic mass is 15.2. The molecule has 1 aromatic rings. The van der Waals surface area contributed by atoms with Gasteiger partial charge in [-0.3, -0.25) is 0 Å². The smallest absolute Gasteiger partial charge is 0.0107 e. The van der Waals surface area contributed by atoms with Crippen molar-refractivity contribution in [2.75, 3.05) is 32.7 Å². The average molecular weight is 288 g/mol. The van der Waals surface area contributed by atoms with Gasteiger partial charge in [-0.25, -0.2) is 0 Å². The molecular formula is C19H32N2. The van der Waals surface area contributed by atoms with Gasteiger partial charge in [0, 0.05) is 26.2 Å². The summed E-state index contributed by atoms with van der Waals surface area (Å²) in [6.45, 7) is 15.2. The lowest BCUT2D eigenvalue weighted by atomic mass is 9.84. The second kappa shape index (κ2) is 7.42. The highest BCUT2D eigenvalue weighted by Crippen LogP contribution is 2.25. The minimum atomic E-state index is 0.253. The van der Waals surface area contributed by atoms with E-state index >= 15 is 0 Å². The van der Waals surface area contributed by atoms with E-state index in [1.54, 1.807) is 5.56 Å². The molecule has 0 unspecified atom stereocenters. The largest absolute Gasteiger partial charge is 0.314 e. The predicted molar refractivity (Wildman–Crippen MR) is 92.1 cm³/mol. The van der Waals surface area contributed by atoms with Crippen molar-refractivity contribution in [2.45, 2.75) is 52.4 Å². The average Bonchev–Trinajstić information content (AvgIpc) is 2.45. The van der Waals surface area contributed by atoms with Gasteiger partial charge in [-0.05, 0) is 54.8 Å². The number of aryl methyl sites for hydroxylation is 2. The van der Waals surface area contributed by atoms with Crippen LogP contribution in [0.1, 0.15) is 50.3 Å². The van der Waals surface area contributed by atoms with E-state index in [4.69, 9.17) is 0 Å². The predicted octanol–water partition coefficient (Wildman–Crippen LogP) is 3.52. The molecule has 0 saturated carbocycles. The third-order valence-corrected chi connectivity index (χ3v) is 4.60. The molecule has 1 fully saturated rings. The SMILES string of the molecule is Cc1ccc(C(C)(C)C)cc1CCCCN1CCNCC1. The van der Waals surface area contributed by atoms with E-state index in [9.17, 15) is 0 Å². The van der Waals surface area contributed by atoms with Crippen LogP contribution in [0.25, 0.3) is 0 Å². The molecule has 0 aliphatic carbocycles. The van der Waals surface area contributed by atoms with Crippen molar-refractivity contribution in [1.82, 2.24) is 10.2 Å². The number of hydrogen-bond donors (Lipinski definition) is 1. The summed E-state index contributed by atoms with van der Waals surface area (Å²) in [4.78, 5) is 2.59. The molecule has 2 heteroatoms. The number of piperazine rings is 1. The third-order valence-electron chi connectivity index (χ3n) is 4.60. The van der Waals surface area contributed by atoms with Gasteiger partial charge in [-0.2, -0.15) is 0 Å². The van der Waals surface area contributed by atoms with Crippen LogP contribution >= 0.6 is 0 Å². The number of benzene rings is 1. The monoisotopic (exact) mass is 288 g/mol. The highest BCUT2D eigenvalue weighted by Gasteiger charge is 2.14. The van der Waals surface area contributed by atoms with Crippen LogP contribution in [-0.2, 0) is 11.8 Å². The van der Waals surface area contributed by atoms with Crippen LogP contribution in [0.3, 0.4) is 0 Å². The molecule has 0 spiro atoms. The maximum atomic E-state index is 3.42. The second-order valence-electron chi connectivity index (χ2n) is 7.44. The van der Waals surface area contributed by atoms with Gasteiger partial charge in [0.1, 0.15) is 0 Å². The Morgan fingerprint density at radius 2 is 1.81 bits per heavy atom. The van der Waals surface area contributed by atoms with Gasteiger partial charge in [-0.1, -0.05) is 39.0 Å². The fraction of sp³-hybridized carbons (Fsp3) is 0.684. The molecule has 21 heavy (non-hydrogen) atoms. The Morgan fingerprint density at radius 1 is 1.10 bits per heavy atom. The first-order valence-electron chi connectivity index (χ1n) is 8.50. The minimum Gasteiger partial charge on any atom is -0.314 e. The second-order valence-corrected chi connectivity index (χ2v) is 7.44. The van der Waals surface area contributed by atoms with Crippen molar-refractivity contribution in [1.29, 1.82) is 0 Å². The van der Waals surface area contributed by atoms with Crippen LogP contribution in [0.2, 0.25) is 0 Å². The van der Waals surface area contributed by atoms with E-state index in [2.05, 4.69) is 56.1 Å². The molecule has 0 bridgehead atoms. The molecule has 1 aromatic carbocycles. The van der Waals surface area contributed by atoms with Crippen molar-refractivity contribution in [2.24, 2.45) is 0 Å². The van der Waals surface area contributed by atoms with Crippen molar-refractivity contribution in [3.8, 4) is 0 Å². The zero-order valence-corrected chi connectivity index (χ0v) is 14.3. The number of hydrogen-bond acceptors (Lipinski definition) is 2. The first-order chi connectivity index (χ1) is 9.97. The van der Waals surface area contributed by atoms with Crippen molar-refractivity contribution in [3.05, 3.63) is 34.9 Å². The van der Waals surface area contributed by atoms with Crippen molar-refractivity contribution >= 4 is 0 Å². The quantitative estimate of drug-likeness (QED) is 0.834. The van der Waals surface area contributed by atoms with Crippen LogP contribution < -0.4 is 5.32 Å². The normalized spacial score (nSPS) is 17.1. The summed E-state index contributed by atoms with van der Waals surface area (Å²) in [6, 6.07) is 7.02. The highest BCUT2D eigenvalue weighted by molar-refractivity contribution is 5.34. The fourth-order valence-electron chi connectivity index (χ4n) is 2.99.